The zero-order valence-corrected chi connectivity index (χ0v) is 18.9. The van der Waals surface area contributed by atoms with Crippen LogP contribution in [0, 0.1) is 11.3 Å². The highest BCUT2D eigenvalue weighted by Gasteiger charge is 2.15. The molecule has 2 amide bonds. The van der Waals surface area contributed by atoms with Gasteiger partial charge in [-0.05, 0) is 42.0 Å². The van der Waals surface area contributed by atoms with Crippen LogP contribution in [0.15, 0.2) is 97.3 Å². The number of carbonyl (C=O) groups is 2. The van der Waals surface area contributed by atoms with Gasteiger partial charge in [0.1, 0.15) is 29.5 Å². The van der Waals surface area contributed by atoms with Gasteiger partial charge >= 0.3 is 0 Å². The summed E-state index contributed by atoms with van der Waals surface area (Å²) in [5, 5.41) is 14.3. The summed E-state index contributed by atoms with van der Waals surface area (Å²) in [4.78, 5) is 32.6. The van der Waals surface area contributed by atoms with Gasteiger partial charge in [-0.1, -0.05) is 43.0 Å². The molecule has 1 heterocycles. The SMILES string of the molecule is C=C(C#N)C(=O)Nc1cccc(Oc2ncnc(N)c2-c2ccc(NC(=O)c3ccccc3)cc2)c1. The summed E-state index contributed by atoms with van der Waals surface area (Å²) in [5.41, 5.74) is 8.64. The molecule has 4 N–H and O–H groups in total. The Labute approximate surface area is 206 Å². The molecule has 0 aliphatic carbocycles. The van der Waals surface area contributed by atoms with Gasteiger partial charge in [0, 0.05) is 23.0 Å². The third kappa shape index (κ3) is 5.52. The molecule has 0 saturated heterocycles. The molecule has 4 rings (SSSR count). The van der Waals surface area contributed by atoms with Crippen molar-refractivity contribution in [1.82, 2.24) is 9.97 Å². The van der Waals surface area contributed by atoms with Crippen molar-refractivity contribution in [2.24, 2.45) is 0 Å². The maximum atomic E-state index is 12.4. The molecule has 0 fully saturated rings. The highest BCUT2D eigenvalue weighted by atomic mass is 16.5. The number of rotatable bonds is 7. The number of nitrogens with zero attached hydrogens (tertiary/aromatic N) is 3. The fourth-order valence-corrected chi connectivity index (χ4v) is 3.25. The van der Waals surface area contributed by atoms with Crippen LogP contribution >= 0.6 is 0 Å². The number of carbonyl (C=O) groups excluding carboxylic acids is 2. The Morgan fingerprint density at radius 1 is 0.917 bits per heavy atom. The second-order valence-corrected chi connectivity index (χ2v) is 7.51. The predicted molar refractivity (Wildman–Crippen MR) is 136 cm³/mol. The van der Waals surface area contributed by atoms with Gasteiger partial charge in [0.15, 0.2) is 0 Å². The maximum Gasteiger partial charge on any atom is 0.265 e. The number of nitriles is 1. The molecule has 0 unspecified atom stereocenters. The highest BCUT2D eigenvalue weighted by molar-refractivity contribution is 6.06. The molecule has 3 aromatic carbocycles. The molecule has 1 aromatic heterocycles. The van der Waals surface area contributed by atoms with E-state index in [0.717, 1.165) is 0 Å². The third-order valence-corrected chi connectivity index (χ3v) is 5.02. The monoisotopic (exact) mass is 476 g/mol. The van der Waals surface area contributed by atoms with E-state index in [2.05, 4.69) is 27.2 Å². The molecular weight excluding hydrogens is 456 g/mol. The molecule has 0 saturated carbocycles. The minimum atomic E-state index is -0.610. The van der Waals surface area contributed by atoms with Gasteiger partial charge in [-0.3, -0.25) is 9.59 Å². The Kier molecular flexibility index (Phi) is 6.98. The number of nitrogens with one attached hydrogen (secondary N) is 2. The Hall–Kier alpha value is -5.49. The molecule has 9 heteroatoms. The zero-order valence-electron chi connectivity index (χ0n) is 18.9. The lowest BCUT2D eigenvalue weighted by atomic mass is 10.1. The number of ether oxygens (including phenoxy) is 1. The smallest absolute Gasteiger partial charge is 0.265 e. The first-order chi connectivity index (χ1) is 17.4. The van der Waals surface area contributed by atoms with E-state index in [1.54, 1.807) is 78.9 Å². The molecule has 0 aliphatic rings. The van der Waals surface area contributed by atoms with E-state index >= 15 is 0 Å². The van der Waals surface area contributed by atoms with Crippen LogP contribution in [0.25, 0.3) is 11.1 Å². The van der Waals surface area contributed by atoms with Crippen molar-refractivity contribution in [2.75, 3.05) is 16.4 Å². The number of hydrogen-bond acceptors (Lipinski definition) is 7. The summed E-state index contributed by atoms with van der Waals surface area (Å²) in [6, 6.07) is 24.2. The molecular formula is C27H20N6O3. The number of nitrogens with two attached hydrogens (primary N) is 1. The summed E-state index contributed by atoms with van der Waals surface area (Å²) >= 11 is 0. The average molecular weight is 476 g/mol. The van der Waals surface area contributed by atoms with Crippen molar-refractivity contribution in [1.29, 1.82) is 5.26 Å². The molecule has 36 heavy (non-hydrogen) atoms. The first-order valence-corrected chi connectivity index (χ1v) is 10.7. The molecule has 0 spiro atoms. The molecule has 0 radical (unpaired) electrons. The summed E-state index contributed by atoms with van der Waals surface area (Å²) in [7, 11) is 0. The van der Waals surface area contributed by atoms with Crippen LogP contribution in [0.3, 0.4) is 0 Å². The predicted octanol–water partition coefficient (Wildman–Crippen LogP) is 4.79. The minimum Gasteiger partial charge on any atom is -0.438 e. The van der Waals surface area contributed by atoms with Crippen molar-refractivity contribution in [3.05, 3.63) is 103 Å². The molecule has 9 nitrogen and oxygen atoms in total. The Bertz CT molecular complexity index is 1480. The molecule has 176 valence electrons. The van der Waals surface area contributed by atoms with Gasteiger partial charge in [-0.15, -0.1) is 0 Å². The largest absolute Gasteiger partial charge is 0.438 e. The lowest BCUT2D eigenvalue weighted by Crippen LogP contribution is -2.12. The summed E-state index contributed by atoms with van der Waals surface area (Å²) in [5.74, 6) is -0.0490. The zero-order chi connectivity index (χ0) is 25.5. The number of nitrogen functional groups attached to an aromatic ring is 1. The molecule has 0 aliphatic heterocycles. The first kappa shape index (κ1) is 23.7. The minimum absolute atomic E-state index is 0.202. The topological polar surface area (TPSA) is 143 Å². The fourth-order valence-electron chi connectivity index (χ4n) is 3.25. The Morgan fingerprint density at radius 2 is 1.67 bits per heavy atom. The van der Waals surface area contributed by atoms with E-state index in [0.29, 0.717) is 33.8 Å². The van der Waals surface area contributed by atoms with Crippen LogP contribution in [0.2, 0.25) is 0 Å². The van der Waals surface area contributed by atoms with Crippen molar-refractivity contribution in [3.8, 4) is 28.8 Å². The summed E-state index contributed by atoms with van der Waals surface area (Å²) < 4.78 is 5.97. The number of amides is 2. The fraction of sp³-hybridized carbons (Fsp3) is 0. The van der Waals surface area contributed by atoms with Crippen LogP contribution in [-0.4, -0.2) is 21.8 Å². The Balaban J connectivity index is 1.55. The van der Waals surface area contributed by atoms with E-state index in [1.165, 1.54) is 6.33 Å². The standard InChI is InChI=1S/C27H20N6O3/c1-17(15-28)25(34)33-21-8-5-9-22(14-21)36-27-23(24(29)30-16-31-27)18-10-12-20(13-11-18)32-26(35)19-6-3-2-4-7-19/h2-14,16H,1H2,(H,32,35)(H,33,34)(H2,29,30,31). The highest BCUT2D eigenvalue weighted by Crippen LogP contribution is 2.36. The number of aromatic nitrogens is 2. The first-order valence-electron chi connectivity index (χ1n) is 10.7. The van der Waals surface area contributed by atoms with Crippen LogP contribution in [-0.2, 0) is 4.79 Å². The number of anilines is 3. The van der Waals surface area contributed by atoms with Crippen molar-refractivity contribution in [3.63, 3.8) is 0 Å². The second kappa shape index (κ2) is 10.6. The lowest BCUT2D eigenvalue weighted by Gasteiger charge is -2.13. The van der Waals surface area contributed by atoms with Crippen molar-refractivity contribution in [2.45, 2.75) is 0 Å². The Morgan fingerprint density at radius 3 is 2.39 bits per heavy atom. The van der Waals surface area contributed by atoms with E-state index in [1.807, 2.05) is 6.07 Å². The van der Waals surface area contributed by atoms with Crippen LogP contribution in [0.1, 0.15) is 10.4 Å². The van der Waals surface area contributed by atoms with Gasteiger partial charge in [0.25, 0.3) is 11.8 Å². The summed E-state index contributed by atoms with van der Waals surface area (Å²) in [6.07, 6.45) is 1.28. The molecule has 0 bridgehead atoms. The van der Waals surface area contributed by atoms with Gasteiger partial charge in [-0.2, -0.15) is 5.26 Å². The van der Waals surface area contributed by atoms with Crippen molar-refractivity contribution < 1.29 is 14.3 Å². The number of hydrogen-bond donors (Lipinski definition) is 3. The van der Waals surface area contributed by atoms with Crippen LogP contribution in [0.4, 0.5) is 17.2 Å². The third-order valence-electron chi connectivity index (χ3n) is 5.02. The normalized spacial score (nSPS) is 10.1. The second-order valence-electron chi connectivity index (χ2n) is 7.51. The van der Waals surface area contributed by atoms with Crippen molar-refractivity contribution >= 4 is 29.0 Å². The quantitative estimate of drug-likeness (QED) is 0.257. The lowest BCUT2D eigenvalue weighted by molar-refractivity contribution is -0.112. The van der Waals surface area contributed by atoms with Crippen LogP contribution in [0.5, 0.6) is 11.6 Å². The van der Waals surface area contributed by atoms with E-state index in [9.17, 15) is 9.59 Å². The molecule has 0 atom stereocenters. The van der Waals surface area contributed by atoms with Gasteiger partial charge < -0.3 is 21.1 Å². The van der Waals surface area contributed by atoms with Crippen LogP contribution < -0.4 is 21.1 Å². The maximum absolute atomic E-state index is 12.4. The average Bonchev–Trinajstić information content (AvgIpc) is 2.89. The van der Waals surface area contributed by atoms with Gasteiger partial charge in [0.2, 0.25) is 5.88 Å². The van der Waals surface area contributed by atoms with E-state index in [4.69, 9.17) is 15.7 Å². The summed E-state index contributed by atoms with van der Waals surface area (Å²) in [6.45, 7) is 3.39. The molecule has 4 aromatic rings. The van der Waals surface area contributed by atoms with E-state index < -0.39 is 5.91 Å². The van der Waals surface area contributed by atoms with Gasteiger partial charge in [0.05, 0.1) is 5.56 Å². The number of benzene rings is 3. The van der Waals surface area contributed by atoms with Gasteiger partial charge in [-0.25, -0.2) is 9.97 Å². The van der Waals surface area contributed by atoms with E-state index in [-0.39, 0.29) is 23.2 Å².